The van der Waals surface area contributed by atoms with Crippen LogP contribution in [-0.4, -0.2) is 27.5 Å². The van der Waals surface area contributed by atoms with Gasteiger partial charge in [0.1, 0.15) is 5.82 Å². The van der Waals surface area contributed by atoms with E-state index in [1.165, 1.54) is 11.3 Å². The van der Waals surface area contributed by atoms with Gasteiger partial charge in [0.15, 0.2) is 11.5 Å². The molecule has 0 spiro atoms. The van der Waals surface area contributed by atoms with E-state index in [0.717, 1.165) is 54.1 Å². The Morgan fingerprint density at radius 1 is 1.21 bits per heavy atom. The summed E-state index contributed by atoms with van der Waals surface area (Å²) in [5.74, 6) is 2.32. The largest absolute Gasteiger partial charge is 0.454 e. The molecule has 1 aliphatic carbocycles. The molecule has 2 aliphatic rings. The smallest absolute Gasteiger partial charge is 0.231 e. The second-order valence-corrected chi connectivity index (χ2v) is 7.97. The molecular formula is C20H20N4O3S. The van der Waals surface area contributed by atoms with Crippen molar-refractivity contribution in [2.24, 2.45) is 5.92 Å². The molecule has 1 N–H and O–H groups in total. The number of rotatable bonds is 4. The second kappa shape index (κ2) is 6.94. The van der Waals surface area contributed by atoms with Crippen LogP contribution in [0.4, 0.5) is 5.82 Å². The highest BCUT2D eigenvalue weighted by molar-refractivity contribution is 7.12. The molecule has 3 aromatic rings. The van der Waals surface area contributed by atoms with Crippen LogP contribution in [0.2, 0.25) is 0 Å². The number of hydrogen-bond acceptors (Lipinski definition) is 6. The zero-order valence-corrected chi connectivity index (χ0v) is 16.3. The lowest BCUT2D eigenvalue weighted by molar-refractivity contribution is -0.119. The molecule has 1 aromatic carbocycles. The number of thiazole rings is 1. The van der Waals surface area contributed by atoms with Crippen LogP contribution in [0.15, 0.2) is 29.6 Å². The molecule has 144 valence electrons. The number of aromatic nitrogens is 3. The fraction of sp³-hybridized carbons (Fsp3) is 0.350. The van der Waals surface area contributed by atoms with Crippen molar-refractivity contribution in [3.05, 3.63) is 35.3 Å². The summed E-state index contributed by atoms with van der Waals surface area (Å²) in [6.45, 7) is 2.16. The van der Waals surface area contributed by atoms with Crippen LogP contribution in [0.1, 0.15) is 31.4 Å². The topological polar surface area (TPSA) is 78.3 Å². The van der Waals surface area contributed by atoms with Gasteiger partial charge in [0.25, 0.3) is 0 Å². The molecule has 28 heavy (non-hydrogen) atoms. The Bertz CT molecular complexity index is 1040. The number of anilines is 1. The van der Waals surface area contributed by atoms with Crippen LogP contribution >= 0.6 is 11.3 Å². The number of nitrogens with zero attached hydrogens (tertiary/aromatic N) is 3. The van der Waals surface area contributed by atoms with E-state index >= 15 is 0 Å². The molecule has 1 aliphatic heterocycles. The molecule has 7 nitrogen and oxygen atoms in total. The number of nitrogens with one attached hydrogen (secondary N) is 1. The molecule has 5 rings (SSSR count). The number of hydrogen-bond donors (Lipinski definition) is 1. The number of fused-ring (bicyclic) bond motifs is 1. The van der Waals surface area contributed by atoms with Gasteiger partial charge in [-0.25, -0.2) is 4.98 Å². The van der Waals surface area contributed by atoms with Crippen LogP contribution in [0.25, 0.3) is 16.4 Å². The van der Waals surface area contributed by atoms with Crippen LogP contribution in [0.3, 0.4) is 0 Å². The number of aryl methyl sites for hydroxylation is 1. The maximum atomic E-state index is 12.5. The monoisotopic (exact) mass is 396 g/mol. The quantitative estimate of drug-likeness (QED) is 0.716. The zero-order valence-electron chi connectivity index (χ0n) is 15.5. The number of carbonyl (C=O) groups is 1. The predicted octanol–water partition coefficient (Wildman–Crippen LogP) is 4.16. The first kappa shape index (κ1) is 17.2. The Kier molecular flexibility index (Phi) is 4.27. The van der Waals surface area contributed by atoms with E-state index < -0.39 is 0 Å². The lowest BCUT2D eigenvalue weighted by Gasteiger charge is -2.10. The second-order valence-electron chi connectivity index (χ2n) is 7.14. The van der Waals surface area contributed by atoms with Crippen LogP contribution < -0.4 is 14.8 Å². The maximum Gasteiger partial charge on any atom is 0.231 e. The van der Waals surface area contributed by atoms with Gasteiger partial charge in [-0.1, -0.05) is 12.8 Å². The van der Waals surface area contributed by atoms with E-state index in [-0.39, 0.29) is 18.6 Å². The third-order valence-corrected chi connectivity index (χ3v) is 5.97. The van der Waals surface area contributed by atoms with Crippen molar-refractivity contribution in [3.8, 4) is 27.9 Å². The van der Waals surface area contributed by atoms with Crippen LogP contribution in [0, 0.1) is 12.8 Å². The lowest BCUT2D eigenvalue weighted by atomic mass is 10.1. The first-order valence-electron chi connectivity index (χ1n) is 9.41. The van der Waals surface area contributed by atoms with Gasteiger partial charge in [0, 0.05) is 22.9 Å². The van der Waals surface area contributed by atoms with Crippen molar-refractivity contribution in [3.63, 3.8) is 0 Å². The van der Waals surface area contributed by atoms with E-state index in [1.54, 1.807) is 4.68 Å². The average molecular weight is 396 g/mol. The highest BCUT2D eigenvalue weighted by atomic mass is 32.1. The number of ether oxygens (including phenoxy) is 2. The van der Waals surface area contributed by atoms with Crippen molar-refractivity contribution in [2.45, 2.75) is 32.6 Å². The van der Waals surface area contributed by atoms with Gasteiger partial charge in [-0.2, -0.15) is 9.78 Å². The fourth-order valence-corrected chi connectivity index (χ4v) is 4.50. The van der Waals surface area contributed by atoms with Crippen molar-refractivity contribution in [1.82, 2.24) is 14.8 Å². The SMILES string of the molecule is Cc1cc(NC(=O)C2CCCC2)n(-c2nc(-c3ccc4c(c3)OCO4)cs2)n1. The first-order chi connectivity index (χ1) is 13.7. The molecule has 0 bridgehead atoms. The summed E-state index contributed by atoms with van der Waals surface area (Å²) in [4.78, 5) is 17.3. The molecule has 1 amide bonds. The molecule has 2 aromatic heterocycles. The average Bonchev–Trinajstić information content (AvgIpc) is 3.47. The summed E-state index contributed by atoms with van der Waals surface area (Å²) in [7, 11) is 0. The summed E-state index contributed by atoms with van der Waals surface area (Å²) in [5, 5.41) is 10.3. The van der Waals surface area contributed by atoms with Gasteiger partial charge in [-0.15, -0.1) is 11.3 Å². The highest BCUT2D eigenvalue weighted by Gasteiger charge is 2.24. The highest BCUT2D eigenvalue weighted by Crippen LogP contribution is 2.36. The molecule has 0 unspecified atom stereocenters. The van der Waals surface area contributed by atoms with Gasteiger partial charge in [0.05, 0.1) is 11.4 Å². The van der Waals surface area contributed by atoms with Gasteiger partial charge < -0.3 is 14.8 Å². The summed E-state index contributed by atoms with van der Waals surface area (Å²) < 4.78 is 12.5. The van der Waals surface area contributed by atoms with Crippen molar-refractivity contribution >= 4 is 23.1 Å². The molecule has 1 saturated carbocycles. The third-order valence-electron chi connectivity index (χ3n) is 5.15. The standard InChI is InChI=1S/C20H20N4O3S/c1-12-8-18(22-19(25)13-4-2-3-5-13)24(23-12)20-21-15(10-28-20)14-6-7-16-17(9-14)27-11-26-16/h6-10,13H,2-5,11H2,1H3,(H,22,25). The maximum absolute atomic E-state index is 12.5. The summed E-state index contributed by atoms with van der Waals surface area (Å²) in [5.41, 5.74) is 2.62. The van der Waals surface area contributed by atoms with E-state index in [0.29, 0.717) is 10.9 Å². The normalized spacial score (nSPS) is 15.9. The Hall–Kier alpha value is -2.87. The van der Waals surface area contributed by atoms with Crippen LogP contribution in [-0.2, 0) is 4.79 Å². The minimum atomic E-state index is 0.0752. The van der Waals surface area contributed by atoms with Crippen LogP contribution in [0.5, 0.6) is 11.5 Å². The zero-order chi connectivity index (χ0) is 19.1. The van der Waals surface area contributed by atoms with E-state index in [4.69, 9.17) is 14.5 Å². The Morgan fingerprint density at radius 3 is 2.89 bits per heavy atom. The number of benzene rings is 1. The molecular weight excluding hydrogens is 376 g/mol. The van der Waals surface area contributed by atoms with Gasteiger partial charge in [-0.3, -0.25) is 4.79 Å². The number of amides is 1. The Balaban J connectivity index is 1.42. The van der Waals surface area contributed by atoms with Crippen molar-refractivity contribution in [2.75, 3.05) is 12.1 Å². The minimum Gasteiger partial charge on any atom is -0.454 e. The number of carbonyl (C=O) groups excluding carboxylic acids is 1. The summed E-state index contributed by atoms with van der Waals surface area (Å²) >= 11 is 1.48. The molecule has 0 atom stereocenters. The molecule has 8 heteroatoms. The Labute approximate surface area is 166 Å². The summed E-state index contributed by atoms with van der Waals surface area (Å²) in [6.07, 6.45) is 4.18. The van der Waals surface area contributed by atoms with E-state index in [9.17, 15) is 4.79 Å². The predicted molar refractivity (Wildman–Crippen MR) is 106 cm³/mol. The minimum absolute atomic E-state index is 0.0752. The molecule has 0 saturated heterocycles. The van der Waals surface area contributed by atoms with E-state index in [1.807, 2.05) is 36.6 Å². The first-order valence-corrected chi connectivity index (χ1v) is 10.3. The third kappa shape index (κ3) is 3.13. The van der Waals surface area contributed by atoms with Gasteiger partial charge in [0.2, 0.25) is 17.8 Å². The molecule has 0 radical (unpaired) electrons. The molecule has 1 fully saturated rings. The van der Waals surface area contributed by atoms with Crippen molar-refractivity contribution < 1.29 is 14.3 Å². The Morgan fingerprint density at radius 2 is 2.04 bits per heavy atom. The molecule has 3 heterocycles. The van der Waals surface area contributed by atoms with Gasteiger partial charge in [-0.05, 0) is 38.0 Å². The van der Waals surface area contributed by atoms with Gasteiger partial charge >= 0.3 is 0 Å². The fourth-order valence-electron chi connectivity index (χ4n) is 3.70. The van der Waals surface area contributed by atoms with Crippen molar-refractivity contribution in [1.29, 1.82) is 0 Å². The van der Waals surface area contributed by atoms with E-state index in [2.05, 4.69) is 10.4 Å². The summed E-state index contributed by atoms with van der Waals surface area (Å²) in [6, 6.07) is 7.66. The lowest BCUT2D eigenvalue weighted by Crippen LogP contribution is -2.22.